The van der Waals surface area contributed by atoms with Crippen molar-refractivity contribution in [2.75, 3.05) is 26.4 Å². The first-order chi connectivity index (χ1) is 10.1. The average molecular weight is 321 g/mol. The van der Waals surface area contributed by atoms with Crippen LogP contribution in [0.5, 0.6) is 0 Å². The quantitative estimate of drug-likeness (QED) is 0.328. The molecule has 0 heterocycles. The lowest BCUT2D eigenvalue weighted by molar-refractivity contribution is -0.0280. The van der Waals surface area contributed by atoms with E-state index in [1.54, 1.807) is 0 Å². The van der Waals surface area contributed by atoms with E-state index in [-0.39, 0.29) is 0 Å². The van der Waals surface area contributed by atoms with Crippen molar-refractivity contribution in [3.63, 3.8) is 0 Å². The molecule has 0 bridgehead atoms. The minimum Gasteiger partial charge on any atom is -0.351 e. The molecule has 21 heavy (non-hydrogen) atoms. The SMILES string of the molecule is CCO[Si](OCC)(OCC)OCCCCCCCC(C)C. The molecular formula is C16H36O4Si. The molecule has 0 aromatic carbocycles. The minimum atomic E-state index is -2.89. The topological polar surface area (TPSA) is 36.9 Å². The van der Waals surface area contributed by atoms with Crippen molar-refractivity contribution in [3.8, 4) is 0 Å². The Hall–Kier alpha value is 0.0569. The Kier molecular flexibility index (Phi) is 13.7. The van der Waals surface area contributed by atoms with Gasteiger partial charge in [0.15, 0.2) is 0 Å². The van der Waals surface area contributed by atoms with E-state index < -0.39 is 9.05 Å². The molecule has 0 unspecified atom stereocenters. The van der Waals surface area contributed by atoms with Crippen molar-refractivity contribution in [3.05, 3.63) is 0 Å². The summed E-state index contributed by atoms with van der Waals surface area (Å²) in [5.41, 5.74) is 0. The van der Waals surface area contributed by atoms with Gasteiger partial charge in [-0.2, -0.15) is 0 Å². The van der Waals surface area contributed by atoms with Gasteiger partial charge in [-0.25, -0.2) is 0 Å². The second kappa shape index (κ2) is 13.7. The van der Waals surface area contributed by atoms with E-state index in [0.717, 1.165) is 12.3 Å². The van der Waals surface area contributed by atoms with Crippen LogP contribution < -0.4 is 0 Å². The van der Waals surface area contributed by atoms with Crippen LogP contribution in [-0.4, -0.2) is 35.5 Å². The molecular weight excluding hydrogens is 284 g/mol. The zero-order chi connectivity index (χ0) is 16.0. The molecule has 0 radical (unpaired) electrons. The van der Waals surface area contributed by atoms with Crippen LogP contribution in [0.15, 0.2) is 0 Å². The highest BCUT2D eigenvalue weighted by molar-refractivity contribution is 6.53. The zero-order valence-electron chi connectivity index (χ0n) is 14.8. The monoisotopic (exact) mass is 320 g/mol. The molecule has 0 fully saturated rings. The predicted molar refractivity (Wildman–Crippen MR) is 89.1 cm³/mol. The van der Waals surface area contributed by atoms with Crippen LogP contribution in [0, 0.1) is 5.92 Å². The molecule has 128 valence electrons. The van der Waals surface area contributed by atoms with E-state index in [1.165, 1.54) is 32.1 Å². The third-order valence-corrected chi connectivity index (χ3v) is 5.65. The Balaban J connectivity index is 3.81. The largest absolute Gasteiger partial charge is 0.679 e. The molecule has 0 rings (SSSR count). The zero-order valence-corrected chi connectivity index (χ0v) is 15.8. The molecule has 5 heteroatoms. The summed E-state index contributed by atoms with van der Waals surface area (Å²) in [4.78, 5) is 0. The van der Waals surface area contributed by atoms with Gasteiger partial charge < -0.3 is 17.7 Å². The fourth-order valence-electron chi connectivity index (χ4n) is 2.16. The molecule has 0 amide bonds. The Morgan fingerprint density at radius 3 is 1.62 bits per heavy atom. The van der Waals surface area contributed by atoms with Gasteiger partial charge in [-0.1, -0.05) is 46.0 Å². The summed E-state index contributed by atoms with van der Waals surface area (Å²) in [5, 5.41) is 0. The van der Waals surface area contributed by atoms with Gasteiger partial charge in [-0.3, -0.25) is 0 Å². The third kappa shape index (κ3) is 11.3. The van der Waals surface area contributed by atoms with Crippen LogP contribution >= 0.6 is 0 Å². The standard InChI is InChI=1S/C16H36O4Si/c1-6-17-21(18-7-2,19-8-3)20-15-13-11-9-10-12-14-16(4)5/h16H,6-15H2,1-5H3. The highest BCUT2D eigenvalue weighted by Crippen LogP contribution is 2.14. The summed E-state index contributed by atoms with van der Waals surface area (Å²) in [7, 11) is -2.89. The first-order valence-electron chi connectivity index (χ1n) is 8.66. The number of hydrogen-bond donors (Lipinski definition) is 0. The number of unbranched alkanes of at least 4 members (excludes halogenated alkanes) is 4. The van der Waals surface area contributed by atoms with Crippen molar-refractivity contribution >= 4 is 9.05 Å². The van der Waals surface area contributed by atoms with E-state index in [2.05, 4.69) is 13.8 Å². The van der Waals surface area contributed by atoms with Gasteiger partial charge in [0.05, 0.1) is 0 Å². The van der Waals surface area contributed by atoms with Crippen molar-refractivity contribution in [2.24, 2.45) is 5.92 Å². The number of hydrogen-bond acceptors (Lipinski definition) is 4. The molecule has 0 aliphatic carbocycles. The Bertz CT molecular complexity index is 207. The molecule has 0 aromatic heterocycles. The van der Waals surface area contributed by atoms with Crippen molar-refractivity contribution in [1.82, 2.24) is 0 Å². The van der Waals surface area contributed by atoms with E-state index >= 15 is 0 Å². The maximum Gasteiger partial charge on any atom is 0.679 e. The maximum atomic E-state index is 5.87. The van der Waals surface area contributed by atoms with E-state index in [4.69, 9.17) is 17.7 Å². The second-order valence-corrected chi connectivity index (χ2v) is 7.75. The molecule has 4 nitrogen and oxygen atoms in total. The number of rotatable bonds is 15. The Morgan fingerprint density at radius 2 is 1.14 bits per heavy atom. The fraction of sp³-hybridized carbons (Fsp3) is 1.00. The minimum absolute atomic E-state index is 0.557. The molecule has 0 aromatic rings. The lowest BCUT2D eigenvalue weighted by Gasteiger charge is -2.26. The highest BCUT2D eigenvalue weighted by atomic mass is 28.4. The van der Waals surface area contributed by atoms with Gasteiger partial charge in [-0.15, -0.1) is 0 Å². The second-order valence-electron chi connectivity index (χ2n) is 5.60. The molecule has 0 saturated carbocycles. The first kappa shape index (κ1) is 21.1. The van der Waals surface area contributed by atoms with Crippen molar-refractivity contribution < 1.29 is 17.7 Å². The molecule has 0 atom stereocenters. The van der Waals surface area contributed by atoms with Crippen LogP contribution in [0.3, 0.4) is 0 Å². The summed E-state index contributed by atoms with van der Waals surface area (Å²) in [6, 6.07) is 0. The summed E-state index contributed by atoms with van der Waals surface area (Å²) in [6.45, 7) is 12.7. The molecule has 0 spiro atoms. The predicted octanol–water partition coefficient (Wildman–Crippen LogP) is 4.54. The highest BCUT2D eigenvalue weighted by Gasteiger charge is 2.44. The third-order valence-electron chi connectivity index (χ3n) is 3.17. The molecule has 0 aliphatic rings. The van der Waals surface area contributed by atoms with Crippen LogP contribution in [-0.2, 0) is 17.7 Å². The molecule has 0 aliphatic heterocycles. The Morgan fingerprint density at radius 1 is 0.667 bits per heavy atom. The summed E-state index contributed by atoms with van der Waals surface area (Å²) in [5.74, 6) is 0.823. The lowest BCUT2D eigenvalue weighted by Crippen LogP contribution is -2.49. The summed E-state index contributed by atoms with van der Waals surface area (Å²) >= 11 is 0. The van der Waals surface area contributed by atoms with Crippen LogP contribution in [0.4, 0.5) is 0 Å². The Labute approximate surface area is 133 Å². The maximum absolute atomic E-state index is 5.87. The molecule has 0 N–H and O–H groups in total. The van der Waals surface area contributed by atoms with Gasteiger partial charge in [0.25, 0.3) is 0 Å². The summed E-state index contributed by atoms with van der Waals surface area (Å²) in [6.07, 6.45) is 7.53. The van der Waals surface area contributed by atoms with Gasteiger partial charge in [0.1, 0.15) is 0 Å². The lowest BCUT2D eigenvalue weighted by atomic mass is 10.0. The van der Waals surface area contributed by atoms with Crippen molar-refractivity contribution in [2.45, 2.75) is 73.1 Å². The normalized spacial score (nSPS) is 12.3. The van der Waals surface area contributed by atoms with Crippen LogP contribution in [0.25, 0.3) is 0 Å². The smallest absolute Gasteiger partial charge is 0.351 e. The van der Waals surface area contributed by atoms with Crippen LogP contribution in [0.1, 0.15) is 73.1 Å². The van der Waals surface area contributed by atoms with E-state index in [9.17, 15) is 0 Å². The molecule has 0 saturated heterocycles. The van der Waals surface area contributed by atoms with Crippen molar-refractivity contribution in [1.29, 1.82) is 0 Å². The first-order valence-corrected chi connectivity index (χ1v) is 10.3. The summed E-state index contributed by atoms with van der Waals surface area (Å²) < 4.78 is 22.8. The van der Waals surface area contributed by atoms with E-state index in [0.29, 0.717) is 26.4 Å². The van der Waals surface area contributed by atoms with Gasteiger partial charge in [0.2, 0.25) is 0 Å². The van der Waals surface area contributed by atoms with Gasteiger partial charge in [0, 0.05) is 26.4 Å². The van der Waals surface area contributed by atoms with Gasteiger partial charge >= 0.3 is 9.05 Å². The average Bonchev–Trinajstić information content (AvgIpc) is 2.42. The van der Waals surface area contributed by atoms with Crippen LogP contribution in [0.2, 0.25) is 0 Å². The van der Waals surface area contributed by atoms with Gasteiger partial charge in [-0.05, 0) is 33.1 Å². The fourth-order valence-corrected chi connectivity index (χ4v) is 4.12. The van der Waals surface area contributed by atoms with E-state index in [1.807, 2.05) is 20.8 Å².